The third-order valence-electron chi connectivity index (χ3n) is 3.98. The molecular formula is C19H17N5O4S. The molecule has 1 heterocycles. The summed E-state index contributed by atoms with van der Waals surface area (Å²) < 4.78 is 1.53. The molecule has 0 aliphatic carbocycles. The number of nitrogens with two attached hydrogens (primary N) is 1. The van der Waals surface area contributed by atoms with E-state index in [-0.39, 0.29) is 17.0 Å². The maximum absolute atomic E-state index is 11.6. The van der Waals surface area contributed by atoms with Gasteiger partial charge in [-0.3, -0.25) is 19.9 Å². The summed E-state index contributed by atoms with van der Waals surface area (Å²) in [5, 5.41) is 27.2. The van der Waals surface area contributed by atoms with Gasteiger partial charge in [-0.1, -0.05) is 12.1 Å². The molecule has 0 aliphatic rings. The number of benzene rings is 2. The van der Waals surface area contributed by atoms with Crippen LogP contribution in [0.1, 0.15) is 22.8 Å². The summed E-state index contributed by atoms with van der Waals surface area (Å²) in [5.41, 5.74) is 6.76. The van der Waals surface area contributed by atoms with Crippen LogP contribution in [0.3, 0.4) is 0 Å². The van der Waals surface area contributed by atoms with E-state index in [9.17, 15) is 20.0 Å². The number of rotatable bonds is 6. The summed E-state index contributed by atoms with van der Waals surface area (Å²) in [6, 6.07) is 10.7. The number of carbonyl (C=O) groups excluding carboxylic acids is 1. The fraction of sp³-hybridized carbons (Fsp3) is 0.105. The lowest BCUT2D eigenvalue weighted by atomic mass is 10.1. The highest BCUT2D eigenvalue weighted by atomic mass is 32.1. The SMILES string of the molecule is CCN=c1scc(-c2ccc(O)c(C(N)=O)c2)n1/N=C\c1ccccc1[N+](=O)[O-]. The van der Waals surface area contributed by atoms with Crippen LogP contribution in [0.2, 0.25) is 0 Å². The van der Waals surface area contributed by atoms with Gasteiger partial charge in [0.05, 0.1) is 28.0 Å². The van der Waals surface area contributed by atoms with Gasteiger partial charge in [0.2, 0.25) is 4.80 Å². The minimum atomic E-state index is -0.756. The first-order chi connectivity index (χ1) is 13.9. The smallest absolute Gasteiger partial charge is 0.278 e. The molecule has 0 unspecified atom stereocenters. The Bertz CT molecular complexity index is 1180. The first kappa shape index (κ1) is 20.0. The number of hydrogen-bond donors (Lipinski definition) is 2. The van der Waals surface area contributed by atoms with Crippen LogP contribution in [0.4, 0.5) is 5.69 Å². The van der Waals surface area contributed by atoms with Crippen molar-refractivity contribution in [3.63, 3.8) is 0 Å². The maximum Gasteiger partial charge on any atom is 0.278 e. The molecule has 0 saturated carbocycles. The number of nitrogens with zero attached hydrogens (tertiary/aromatic N) is 4. The highest BCUT2D eigenvalue weighted by Crippen LogP contribution is 2.26. The first-order valence-electron chi connectivity index (χ1n) is 8.54. The van der Waals surface area contributed by atoms with Gasteiger partial charge in [-0.15, -0.1) is 11.3 Å². The Morgan fingerprint density at radius 2 is 2.10 bits per heavy atom. The Labute approximate surface area is 169 Å². The Kier molecular flexibility index (Phi) is 5.84. The number of amides is 1. The van der Waals surface area contributed by atoms with Gasteiger partial charge in [-0.2, -0.15) is 5.10 Å². The van der Waals surface area contributed by atoms with E-state index >= 15 is 0 Å². The van der Waals surface area contributed by atoms with E-state index in [1.54, 1.807) is 29.6 Å². The molecule has 0 spiro atoms. The number of hydrogen-bond acceptors (Lipinski definition) is 7. The molecule has 3 aromatic rings. The van der Waals surface area contributed by atoms with Gasteiger partial charge >= 0.3 is 0 Å². The predicted molar refractivity (Wildman–Crippen MR) is 110 cm³/mol. The zero-order chi connectivity index (χ0) is 21.0. The average molecular weight is 411 g/mol. The number of carbonyl (C=O) groups is 1. The van der Waals surface area contributed by atoms with Crippen LogP contribution in [-0.2, 0) is 0 Å². The van der Waals surface area contributed by atoms with E-state index in [4.69, 9.17) is 5.73 Å². The van der Waals surface area contributed by atoms with E-state index in [0.717, 1.165) is 0 Å². The number of nitro benzene ring substituents is 1. The van der Waals surface area contributed by atoms with Crippen LogP contribution in [0, 0.1) is 10.1 Å². The molecule has 1 amide bonds. The van der Waals surface area contributed by atoms with Crippen molar-refractivity contribution in [2.45, 2.75) is 6.92 Å². The predicted octanol–water partition coefficient (Wildman–Crippen LogP) is 2.73. The van der Waals surface area contributed by atoms with Crippen molar-refractivity contribution < 1.29 is 14.8 Å². The first-order valence-corrected chi connectivity index (χ1v) is 9.42. The van der Waals surface area contributed by atoms with Crippen LogP contribution in [0.25, 0.3) is 11.3 Å². The number of aromatic nitrogens is 1. The molecule has 2 aromatic carbocycles. The fourth-order valence-corrected chi connectivity index (χ4v) is 3.53. The molecule has 9 nitrogen and oxygen atoms in total. The second kappa shape index (κ2) is 8.48. The van der Waals surface area contributed by atoms with Crippen LogP contribution in [-0.4, -0.2) is 33.4 Å². The number of primary amides is 1. The largest absolute Gasteiger partial charge is 0.507 e. The minimum absolute atomic E-state index is 0.0168. The summed E-state index contributed by atoms with van der Waals surface area (Å²) in [5.74, 6) is -0.974. The van der Waals surface area contributed by atoms with Crippen molar-refractivity contribution >= 4 is 29.1 Å². The molecule has 0 atom stereocenters. The second-order valence-electron chi connectivity index (χ2n) is 5.85. The van der Waals surface area contributed by atoms with Crippen molar-refractivity contribution in [2.24, 2.45) is 15.8 Å². The van der Waals surface area contributed by atoms with E-state index in [1.807, 2.05) is 6.92 Å². The van der Waals surface area contributed by atoms with Crippen LogP contribution in [0.5, 0.6) is 5.75 Å². The molecule has 0 radical (unpaired) electrons. The molecule has 10 heteroatoms. The van der Waals surface area contributed by atoms with Gasteiger partial charge in [0.15, 0.2) is 0 Å². The zero-order valence-electron chi connectivity index (χ0n) is 15.3. The summed E-state index contributed by atoms with van der Waals surface area (Å²) in [7, 11) is 0. The van der Waals surface area contributed by atoms with Crippen molar-refractivity contribution in [2.75, 3.05) is 6.54 Å². The number of thiazole rings is 1. The lowest BCUT2D eigenvalue weighted by Gasteiger charge is -2.06. The van der Waals surface area contributed by atoms with Crippen molar-refractivity contribution in [3.05, 3.63) is 73.9 Å². The summed E-state index contributed by atoms with van der Waals surface area (Å²) in [6.07, 6.45) is 1.39. The molecule has 148 valence electrons. The molecule has 3 N–H and O–H groups in total. The lowest BCUT2D eigenvalue weighted by molar-refractivity contribution is -0.385. The highest BCUT2D eigenvalue weighted by molar-refractivity contribution is 7.07. The van der Waals surface area contributed by atoms with E-state index in [0.29, 0.717) is 28.2 Å². The monoisotopic (exact) mass is 411 g/mol. The second-order valence-corrected chi connectivity index (χ2v) is 6.68. The molecule has 1 aromatic heterocycles. The van der Waals surface area contributed by atoms with Gasteiger partial charge in [-0.05, 0) is 31.2 Å². The van der Waals surface area contributed by atoms with Gasteiger partial charge in [-0.25, -0.2) is 4.68 Å². The topological polar surface area (TPSA) is 136 Å². The van der Waals surface area contributed by atoms with Gasteiger partial charge in [0.25, 0.3) is 11.6 Å². The Morgan fingerprint density at radius 1 is 1.34 bits per heavy atom. The molecule has 29 heavy (non-hydrogen) atoms. The molecule has 0 fully saturated rings. The number of phenols is 1. The highest BCUT2D eigenvalue weighted by Gasteiger charge is 2.14. The number of para-hydroxylation sites is 1. The van der Waals surface area contributed by atoms with Crippen molar-refractivity contribution in [3.8, 4) is 17.0 Å². The third-order valence-corrected chi connectivity index (χ3v) is 4.84. The average Bonchev–Trinajstić information content (AvgIpc) is 3.09. The third kappa shape index (κ3) is 4.22. The number of nitro groups is 1. The normalized spacial score (nSPS) is 11.8. The van der Waals surface area contributed by atoms with Crippen molar-refractivity contribution in [1.29, 1.82) is 0 Å². The lowest BCUT2D eigenvalue weighted by Crippen LogP contribution is -2.13. The standard InChI is InChI=1S/C19H17N5O4S/c1-2-21-19-23(22-10-13-5-3-4-6-15(13)24(27)28)16(11-29-19)12-7-8-17(25)14(9-12)18(20)26/h3-11,25H,2H2,1H3,(H2,20,26)/b21-19?,22-10-. The molecule has 0 bridgehead atoms. The van der Waals surface area contributed by atoms with Gasteiger partial charge in [0.1, 0.15) is 5.75 Å². The summed E-state index contributed by atoms with van der Waals surface area (Å²) in [4.78, 5) is 27.3. The van der Waals surface area contributed by atoms with E-state index < -0.39 is 10.8 Å². The molecule has 0 saturated heterocycles. The molecule has 3 rings (SSSR count). The Hall–Kier alpha value is -3.79. The molecular weight excluding hydrogens is 394 g/mol. The quantitative estimate of drug-likeness (QED) is 0.366. The van der Waals surface area contributed by atoms with Gasteiger partial charge < -0.3 is 10.8 Å². The van der Waals surface area contributed by atoms with Crippen molar-refractivity contribution in [1.82, 2.24) is 4.68 Å². The van der Waals surface area contributed by atoms with Crippen LogP contribution in [0.15, 0.2) is 57.9 Å². The summed E-state index contributed by atoms with van der Waals surface area (Å²) in [6.45, 7) is 2.39. The number of aromatic hydroxyl groups is 1. The van der Waals surface area contributed by atoms with E-state index in [1.165, 1.54) is 40.4 Å². The summed E-state index contributed by atoms with van der Waals surface area (Å²) >= 11 is 1.33. The van der Waals surface area contributed by atoms with Gasteiger partial charge in [0, 0.05) is 23.6 Å². The Balaban J connectivity index is 2.14. The van der Waals surface area contributed by atoms with Crippen LogP contribution >= 0.6 is 11.3 Å². The zero-order valence-corrected chi connectivity index (χ0v) is 16.2. The fourth-order valence-electron chi connectivity index (χ4n) is 2.63. The maximum atomic E-state index is 11.6. The van der Waals surface area contributed by atoms with E-state index in [2.05, 4.69) is 10.1 Å². The minimum Gasteiger partial charge on any atom is -0.507 e. The Morgan fingerprint density at radius 3 is 2.79 bits per heavy atom. The molecule has 0 aliphatic heterocycles. The van der Waals surface area contributed by atoms with Crippen LogP contribution < -0.4 is 10.5 Å².